The lowest BCUT2D eigenvalue weighted by Crippen LogP contribution is -2.48. The fourth-order valence-corrected chi connectivity index (χ4v) is 4.22. The minimum Gasteiger partial charge on any atom is -0.378 e. The van der Waals surface area contributed by atoms with E-state index in [-0.39, 0.29) is 24.3 Å². The van der Waals surface area contributed by atoms with Crippen LogP contribution in [0, 0.1) is 17.4 Å². The first-order valence-electron chi connectivity index (χ1n) is 11.0. The quantitative estimate of drug-likeness (QED) is 0.707. The van der Waals surface area contributed by atoms with Crippen molar-refractivity contribution in [2.75, 3.05) is 50.8 Å². The molecule has 7 heteroatoms. The molecule has 0 aliphatic carbocycles. The molecule has 0 aromatic heterocycles. The van der Waals surface area contributed by atoms with E-state index in [2.05, 4.69) is 22.4 Å². The average Bonchev–Trinajstić information content (AvgIpc) is 2.87. The molecule has 32 heavy (non-hydrogen) atoms. The molecule has 2 aliphatic heterocycles. The maximum absolute atomic E-state index is 13.1. The molecule has 2 aromatic rings. The SMILES string of the molecule is N#Cc1ccc(C(=O)CN[C@@H]2CCCN(c3ccc[c]c3C(=O)N3CCOCC3)C2)cc1. The van der Waals surface area contributed by atoms with Gasteiger partial charge in [0.05, 0.1) is 42.6 Å². The number of carbonyl (C=O) groups excluding carboxylic acids is 2. The number of piperidine rings is 1. The van der Waals surface area contributed by atoms with Crippen molar-refractivity contribution in [2.24, 2.45) is 0 Å². The van der Waals surface area contributed by atoms with Gasteiger partial charge in [-0.25, -0.2) is 0 Å². The molecule has 7 nitrogen and oxygen atoms in total. The number of amides is 1. The summed E-state index contributed by atoms with van der Waals surface area (Å²) in [5, 5.41) is 12.3. The van der Waals surface area contributed by atoms with Gasteiger partial charge < -0.3 is 19.9 Å². The maximum atomic E-state index is 13.1. The number of ether oxygens (including phenoxy) is 1. The van der Waals surface area contributed by atoms with Gasteiger partial charge in [-0.05, 0) is 37.1 Å². The summed E-state index contributed by atoms with van der Waals surface area (Å²) < 4.78 is 5.37. The second-order valence-corrected chi connectivity index (χ2v) is 8.11. The van der Waals surface area contributed by atoms with Crippen molar-refractivity contribution in [1.82, 2.24) is 10.2 Å². The van der Waals surface area contributed by atoms with Gasteiger partial charge in [-0.3, -0.25) is 9.59 Å². The Bertz CT molecular complexity index is 993. The van der Waals surface area contributed by atoms with Crippen molar-refractivity contribution < 1.29 is 14.3 Å². The lowest BCUT2D eigenvalue weighted by molar-refractivity contribution is 0.0303. The molecule has 2 aliphatic rings. The molecule has 1 radical (unpaired) electrons. The van der Waals surface area contributed by atoms with Crippen LogP contribution in [0.4, 0.5) is 5.69 Å². The molecule has 0 saturated carbocycles. The molecule has 4 rings (SSSR count). The minimum absolute atomic E-state index is 0.00263. The van der Waals surface area contributed by atoms with E-state index in [1.54, 1.807) is 30.3 Å². The highest BCUT2D eigenvalue weighted by molar-refractivity contribution is 5.99. The van der Waals surface area contributed by atoms with E-state index >= 15 is 0 Å². The number of benzene rings is 2. The molecule has 2 saturated heterocycles. The van der Waals surface area contributed by atoms with Gasteiger partial charge in [0.15, 0.2) is 5.78 Å². The first-order valence-corrected chi connectivity index (χ1v) is 11.0. The summed E-state index contributed by atoms with van der Waals surface area (Å²) in [5.74, 6) is -0.00202. The molecule has 0 spiro atoms. The van der Waals surface area contributed by atoms with E-state index in [1.165, 1.54) is 0 Å². The molecular formula is C25H27N4O3. The number of nitrogens with zero attached hydrogens (tertiary/aromatic N) is 3. The second kappa shape index (κ2) is 10.4. The smallest absolute Gasteiger partial charge is 0.256 e. The van der Waals surface area contributed by atoms with E-state index in [4.69, 9.17) is 10.00 Å². The van der Waals surface area contributed by atoms with Crippen LogP contribution >= 0.6 is 0 Å². The van der Waals surface area contributed by atoms with Crippen molar-refractivity contribution in [1.29, 1.82) is 5.26 Å². The highest BCUT2D eigenvalue weighted by atomic mass is 16.5. The Morgan fingerprint density at radius 3 is 2.69 bits per heavy atom. The fourth-order valence-electron chi connectivity index (χ4n) is 4.22. The third kappa shape index (κ3) is 5.16. The number of anilines is 1. The van der Waals surface area contributed by atoms with E-state index in [0.717, 1.165) is 31.6 Å². The van der Waals surface area contributed by atoms with E-state index < -0.39 is 0 Å². The van der Waals surface area contributed by atoms with Crippen molar-refractivity contribution in [3.05, 3.63) is 65.2 Å². The molecule has 2 fully saturated rings. The Morgan fingerprint density at radius 2 is 1.94 bits per heavy atom. The third-order valence-corrected chi connectivity index (χ3v) is 6.00. The van der Waals surface area contributed by atoms with Gasteiger partial charge in [-0.1, -0.05) is 24.3 Å². The number of rotatable bonds is 6. The third-order valence-electron chi connectivity index (χ3n) is 6.00. The van der Waals surface area contributed by atoms with Crippen molar-refractivity contribution in [3.8, 4) is 6.07 Å². The summed E-state index contributed by atoms with van der Waals surface area (Å²) in [6.45, 7) is 4.16. The van der Waals surface area contributed by atoms with Crippen LogP contribution in [0.25, 0.3) is 0 Å². The van der Waals surface area contributed by atoms with Crippen molar-refractivity contribution >= 4 is 17.4 Å². The van der Waals surface area contributed by atoms with Crippen LogP contribution in [-0.4, -0.2) is 68.6 Å². The van der Waals surface area contributed by atoms with Gasteiger partial charge in [0.1, 0.15) is 0 Å². The number of nitriles is 1. The zero-order valence-electron chi connectivity index (χ0n) is 18.0. The number of nitrogens with one attached hydrogen (secondary N) is 1. The normalized spacial score (nSPS) is 18.8. The number of morpholine rings is 1. The molecule has 2 heterocycles. The van der Waals surface area contributed by atoms with Crippen molar-refractivity contribution in [3.63, 3.8) is 0 Å². The lowest BCUT2D eigenvalue weighted by atomic mass is 10.0. The van der Waals surface area contributed by atoms with Gasteiger partial charge in [0, 0.05) is 37.8 Å². The number of hydrogen-bond acceptors (Lipinski definition) is 6. The fraction of sp³-hybridized carbons (Fsp3) is 0.400. The van der Waals surface area contributed by atoms with Gasteiger partial charge in [-0.15, -0.1) is 0 Å². The van der Waals surface area contributed by atoms with E-state index in [1.807, 2.05) is 17.0 Å². The molecule has 0 bridgehead atoms. The lowest BCUT2D eigenvalue weighted by Gasteiger charge is -2.36. The second-order valence-electron chi connectivity index (χ2n) is 8.11. The molecular weight excluding hydrogens is 404 g/mol. The monoisotopic (exact) mass is 431 g/mol. The van der Waals surface area contributed by atoms with Gasteiger partial charge in [0.25, 0.3) is 5.91 Å². The van der Waals surface area contributed by atoms with E-state index in [9.17, 15) is 9.59 Å². The largest absolute Gasteiger partial charge is 0.378 e. The average molecular weight is 432 g/mol. The van der Waals surface area contributed by atoms with Crippen LogP contribution in [0.2, 0.25) is 0 Å². The Balaban J connectivity index is 1.39. The highest BCUT2D eigenvalue weighted by Crippen LogP contribution is 2.25. The van der Waals surface area contributed by atoms with Crippen molar-refractivity contribution in [2.45, 2.75) is 18.9 Å². The number of Topliss-reactive ketones (excluding diaryl/α,β-unsaturated/α-hetero) is 1. The standard InChI is InChI=1S/C25H27N4O3/c26-16-19-7-9-20(10-8-19)24(30)17-27-21-4-3-11-29(18-21)23-6-2-1-5-22(23)25(31)28-12-14-32-15-13-28/h1-2,6-10,21,27H,3-4,11-15,17-18H2/t21-/m1/s1. The van der Waals surface area contributed by atoms with Gasteiger partial charge in [-0.2, -0.15) is 5.26 Å². The van der Waals surface area contributed by atoms with Crippen LogP contribution in [0.5, 0.6) is 0 Å². The van der Waals surface area contributed by atoms with Crippen LogP contribution in [0.3, 0.4) is 0 Å². The summed E-state index contributed by atoms with van der Waals surface area (Å²) in [7, 11) is 0. The molecule has 1 amide bonds. The van der Waals surface area contributed by atoms with Crippen LogP contribution < -0.4 is 10.2 Å². The predicted molar refractivity (Wildman–Crippen MR) is 121 cm³/mol. The topological polar surface area (TPSA) is 85.7 Å². The molecule has 2 aromatic carbocycles. The number of carbonyl (C=O) groups is 2. The first kappa shape index (κ1) is 22.0. The van der Waals surface area contributed by atoms with E-state index in [0.29, 0.717) is 43.0 Å². The van der Waals surface area contributed by atoms with Crippen LogP contribution in [0.15, 0.2) is 42.5 Å². The Morgan fingerprint density at radius 1 is 1.16 bits per heavy atom. The molecule has 165 valence electrons. The van der Waals surface area contributed by atoms with Crippen LogP contribution in [-0.2, 0) is 4.74 Å². The minimum atomic E-state index is -0.00465. The zero-order chi connectivity index (χ0) is 22.3. The highest BCUT2D eigenvalue weighted by Gasteiger charge is 2.26. The molecule has 1 atom stereocenters. The van der Waals surface area contributed by atoms with Gasteiger partial charge >= 0.3 is 0 Å². The summed E-state index contributed by atoms with van der Waals surface area (Å²) in [6.07, 6.45) is 1.95. The summed E-state index contributed by atoms with van der Waals surface area (Å²) in [5.41, 5.74) is 2.64. The molecule has 1 N–H and O–H groups in total. The Kier molecular flexibility index (Phi) is 7.15. The number of hydrogen-bond donors (Lipinski definition) is 1. The first-order chi connectivity index (χ1) is 15.7. The Labute approximate surface area is 188 Å². The summed E-state index contributed by atoms with van der Waals surface area (Å²) >= 11 is 0. The zero-order valence-corrected chi connectivity index (χ0v) is 18.0. The van der Waals surface area contributed by atoms with Gasteiger partial charge in [0.2, 0.25) is 0 Å². The number of ketones is 1. The van der Waals surface area contributed by atoms with Crippen LogP contribution in [0.1, 0.15) is 39.1 Å². The Hall–Kier alpha value is -3.21. The predicted octanol–water partition coefficient (Wildman–Crippen LogP) is 2.27. The summed E-state index contributed by atoms with van der Waals surface area (Å²) in [4.78, 5) is 29.7. The summed E-state index contributed by atoms with van der Waals surface area (Å²) in [6, 6.07) is 17.8. The molecule has 0 unspecified atom stereocenters. The maximum Gasteiger partial charge on any atom is 0.256 e.